The van der Waals surface area contributed by atoms with Crippen LogP contribution in [0.15, 0.2) is 59.7 Å². The second-order valence-corrected chi connectivity index (χ2v) is 8.17. The standard InChI is InChI=1S/C23H18Cl4N2O3/c1-2-31-22-9-14(12-28-29-23(30)18-7-6-17(25)11-20(18)27)3-8-21(22)32-13-15-4-5-16(24)10-19(15)26/h3-12H,2,13H2,1H3,(H,29,30)/b28-12-. The molecule has 0 bridgehead atoms. The summed E-state index contributed by atoms with van der Waals surface area (Å²) < 4.78 is 11.6. The van der Waals surface area contributed by atoms with Gasteiger partial charge in [0.05, 0.1) is 23.4 Å². The van der Waals surface area contributed by atoms with Crippen LogP contribution in [0.25, 0.3) is 0 Å². The molecule has 0 heterocycles. The van der Waals surface area contributed by atoms with E-state index in [1.54, 1.807) is 36.4 Å². The zero-order valence-electron chi connectivity index (χ0n) is 16.9. The maximum Gasteiger partial charge on any atom is 0.272 e. The van der Waals surface area contributed by atoms with Gasteiger partial charge in [-0.05, 0) is 61.0 Å². The third-order valence-corrected chi connectivity index (χ3v) is 5.36. The Morgan fingerprint density at radius 2 is 1.62 bits per heavy atom. The summed E-state index contributed by atoms with van der Waals surface area (Å²) in [4.78, 5) is 12.2. The molecule has 0 aromatic heterocycles. The second-order valence-electron chi connectivity index (χ2n) is 6.49. The van der Waals surface area contributed by atoms with E-state index in [2.05, 4.69) is 10.5 Å². The largest absolute Gasteiger partial charge is 0.490 e. The summed E-state index contributed by atoms with van der Waals surface area (Å²) >= 11 is 24.0. The number of hydrazone groups is 1. The molecule has 1 amide bonds. The van der Waals surface area contributed by atoms with Crippen LogP contribution in [-0.4, -0.2) is 18.7 Å². The van der Waals surface area contributed by atoms with Gasteiger partial charge in [0.15, 0.2) is 11.5 Å². The van der Waals surface area contributed by atoms with E-state index in [1.165, 1.54) is 18.3 Å². The van der Waals surface area contributed by atoms with Crippen LogP contribution in [0, 0.1) is 0 Å². The molecule has 3 rings (SSSR count). The minimum atomic E-state index is -0.451. The Bertz CT molecular complexity index is 1150. The van der Waals surface area contributed by atoms with Crippen molar-refractivity contribution in [3.63, 3.8) is 0 Å². The van der Waals surface area contributed by atoms with E-state index in [0.717, 1.165) is 5.56 Å². The number of halogens is 4. The third-order valence-electron chi connectivity index (χ3n) is 4.22. The summed E-state index contributed by atoms with van der Waals surface area (Å²) in [5, 5.41) is 5.75. The van der Waals surface area contributed by atoms with Crippen molar-refractivity contribution >= 4 is 58.5 Å². The fraction of sp³-hybridized carbons (Fsp3) is 0.130. The van der Waals surface area contributed by atoms with E-state index in [0.29, 0.717) is 38.7 Å². The molecule has 1 N–H and O–H groups in total. The highest BCUT2D eigenvalue weighted by Gasteiger charge is 2.11. The number of rotatable bonds is 8. The Hall–Kier alpha value is -2.44. The first-order chi connectivity index (χ1) is 15.4. The molecule has 0 fully saturated rings. The SMILES string of the molecule is CCOc1cc(/C=N\NC(=O)c2ccc(Cl)cc2Cl)ccc1OCc1ccc(Cl)cc1Cl. The van der Waals surface area contributed by atoms with Crippen LogP contribution < -0.4 is 14.9 Å². The maximum absolute atomic E-state index is 12.2. The summed E-state index contributed by atoms with van der Waals surface area (Å²) in [7, 11) is 0. The molecule has 0 unspecified atom stereocenters. The van der Waals surface area contributed by atoms with Crippen LogP contribution in [0.4, 0.5) is 0 Å². The number of ether oxygens (including phenoxy) is 2. The molecular formula is C23H18Cl4N2O3. The molecule has 0 aliphatic carbocycles. The van der Waals surface area contributed by atoms with Gasteiger partial charge in [0.25, 0.3) is 5.91 Å². The number of carbonyl (C=O) groups is 1. The normalized spacial score (nSPS) is 10.9. The van der Waals surface area contributed by atoms with Gasteiger partial charge in [-0.15, -0.1) is 0 Å². The van der Waals surface area contributed by atoms with Gasteiger partial charge in [0.1, 0.15) is 6.61 Å². The molecule has 9 heteroatoms. The highest BCUT2D eigenvalue weighted by molar-refractivity contribution is 6.36. The Labute approximate surface area is 205 Å². The molecule has 0 spiro atoms. The van der Waals surface area contributed by atoms with Crippen molar-refractivity contribution in [1.29, 1.82) is 0 Å². The average molecular weight is 512 g/mol. The average Bonchev–Trinajstić information content (AvgIpc) is 2.74. The quantitative estimate of drug-likeness (QED) is 0.260. The molecule has 0 aliphatic rings. The van der Waals surface area contributed by atoms with Crippen LogP contribution >= 0.6 is 46.4 Å². The fourth-order valence-electron chi connectivity index (χ4n) is 2.69. The third kappa shape index (κ3) is 6.53. The maximum atomic E-state index is 12.2. The van der Waals surface area contributed by atoms with E-state index in [1.807, 2.05) is 13.0 Å². The number of hydrogen-bond donors (Lipinski definition) is 1. The molecule has 32 heavy (non-hydrogen) atoms. The van der Waals surface area contributed by atoms with Crippen molar-refractivity contribution in [2.75, 3.05) is 6.61 Å². The zero-order valence-corrected chi connectivity index (χ0v) is 19.9. The molecule has 166 valence electrons. The number of carbonyl (C=O) groups excluding carboxylic acids is 1. The minimum Gasteiger partial charge on any atom is -0.490 e. The van der Waals surface area contributed by atoms with Crippen LogP contribution in [0.3, 0.4) is 0 Å². The Morgan fingerprint density at radius 1 is 0.906 bits per heavy atom. The van der Waals surface area contributed by atoms with Crippen molar-refractivity contribution in [2.24, 2.45) is 5.10 Å². The van der Waals surface area contributed by atoms with Gasteiger partial charge < -0.3 is 9.47 Å². The van der Waals surface area contributed by atoms with Crippen molar-refractivity contribution in [2.45, 2.75) is 13.5 Å². The van der Waals surface area contributed by atoms with Crippen LogP contribution in [-0.2, 0) is 6.61 Å². The summed E-state index contributed by atoms with van der Waals surface area (Å²) in [6, 6.07) is 15.1. The van der Waals surface area contributed by atoms with Crippen molar-refractivity contribution in [3.05, 3.63) is 91.4 Å². The molecule has 0 radical (unpaired) electrons. The Morgan fingerprint density at radius 3 is 2.31 bits per heavy atom. The topological polar surface area (TPSA) is 59.9 Å². The predicted octanol–water partition coefficient (Wildman–Crippen LogP) is 7.04. The lowest BCUT2D eigenvalue weighted by Gasteiger charge is -2.13. The van der Waals surface area contributed by atoms with E-state index in [4.69, 9.17) is 55.9 Å². The molecule has 3 aromatic rings. The molecule has 0 saturated carbocycles. The number of amides is 1. The molecule has 0 atom stereocenters. The number of nitrogens with zero attached hydrogens (tertiary/aromatic N) is 1. The van der Waals surface area contributed by atoms with Gasteiger partial charge >= 0.3 is 0 Å². The van der Waals surface area contributed by atoms with E-state index in [-0.39, 0.29) is 17.2 Å². The first-order valence-corrected chi connectivity index (χ1v) is 11.0. The monoisotopic (exact) mass is 510 g/mol. The van der Waals surface area contributed by atoms with E-state index < -0.39 is 5.91 Å². The van der Waals surface area contributed by atoms with Gasteiger partial charge in [-0.25, -0.2) is 5.43 Å². The predicted molar refractivity (Wildman–Crippen MR) is 130 cm³/mol. The van der Waals surface area contributed by atoms with Gasteiger partial charge in [-0.2, -0.15) is 5.10 Å². The summed E-state index contributed by atoms with van der Waals surface area (Å²) in [5.74, 6) is 0.633. The highest BCUT2D eigenvalue weighted by Crippen LogP contribution is 2.30. The second kappa shape index (κ2) is 11.4. The van der Waals surface area contributed by atoms with E-state index in [9.17, 15) is 4.79 Å². The first kappa shape index (κ1) is 24.2. The van der Waals surface area contributed by atoms with Crippen molar-refractivity contribution in [3.8, 4) is 11.5 Å². The van der Waals surface area contributed by atoms with Gasteiger partial charge in [-0.1, -0.05) is 52.5 Å². The van der Waals surface area contributed by atoms with Crippen molar-refractivity contribution in [1.82, 2.24) is 5.43 Å². The zero-order chi connectivity index (χ0) is 23.1. The highest BCUT2D eigenvalue weighted by atomic mass is 35.5. The summed E-state index contributed by atoms with van der Waals surface area (Å²) in [6.45, 7) is 2.57. The number of nitrogens with one attached hydrogen (secondary N) is 1. The minimum absolute atomic E-state index is 0.242. The summed E-state index contributed by atoms with van der Waals surface area (Å²) in [6.07, 6.45) is 1.49. The molecule has 5 nitrogen and oxygen atoms in total. The van der Waals surface area contributed by atoms with Gasteiger partial charge in [0, 0.05) is 20.6 Å². The van der Waals surface area contributed by atoms with Crippen LogP contribution in [0.1, 0.15) is 28.4 Å². The lowest BCUT2D eigenvalue weighted by Crippen LogP contribution is -2.18. The lowest BCUT2D eigenvalue weighted by molar-refractivity contribution is 0.0955. The molecule has 3 aromatic carbocycles. The van der Waals surface area contributed by atoms with Gasteiger partial charge in [0.2, 0.25) is 0 Å². The summed E-state index contributed by atoms with van der Waals surface area (Å²) in [5.41, 5.74) is 4.21. The van der Waals surface area contributed by atoms with Crippen LogP contribution in [0.5, 0.6) is 11.5 Å². The molecular weight excluding hydrogens is 494 g/mol. The fourth-order valence-corrected chi connectivity index (χ4v) is 3.64. The Kier molecular flexibility index (Phi) is 8.65. The number of benzene rings is 3. The van der Waals surface area contributed by atoms with Crippen molar-refractivity contribution < 1.29 is 14.3 Å². The Balaban J connectivity index is 1.68. The first-order valence-electron chi connectivity index (χ1n) is 9.49. The lowest BCUT2D eigenvalue weighted by atomic mass is 10.2. The smallest absolute Gasteiger partial charge is 0.272 e. The number of hydrogen-bond acceptors (Lipinski definition) is 4. The van der Waals surface area contributed by atoms with Gasteiger partial charge in [-0.3, -0.25) is 4.79 Å². The molecule has 0 saturated heterocycles. The van der Waals surface area contributed by atoms with Crippen LogP contribution in [0.2, 0.25) is 20.1 Å². The van der Waals surface area contributed by atoms with E-state index >= 15 is 0 Å². The molecule has 0 aliphatic heterocycles.